The number of hydrogen-bond acceptors (Lipinski definition) is 5. The molecule has 9 heteroatoms. The van der Waals surface area contributed by atoms with E-state index in [1.165, 1.54) is 0 Å². The number of thioether (sulfide) groups is 1. The van der Waals surface area contributed by atoms with E-state index in [0.717, 1.165) is 33.8 Å². The Kier molecular flexibility index (Phi) is 7.69. The summed E-state index contributed by atoms with van der Waals surface area (Å²) in [5.41, 5.74) is 2.71. The van der Waals surface area contributed by atoms with Crippen molar-refractivity contribution in [2.24, 2.45) is 4.99 Å². The van der Waals surface area contributed by atoms with Crippen molar-refractivity contribution in [1.29, 1.82) is 0 Å². The fourth-order valence-electron chi connectivity index (χ4n) is 3.68. The highest BCUT2D eigenvalue weighted by atomic mass is 35.5. The molecule has 1 amide bonds. The normalized spacial score (nSPS) is 16.0. The highest BCUT2D eigenvalue weighted by Gasteiger charge is 2.33. The lowest BCUT2D eigenvalue weighted by Gasteiger charge is -2.06. The smallest absolute Gasteiger partial charge is 0.344 e. The lowest BCUT2D eigenvalue weighted by molar-refractivity contribution is -0.138. The lowest BCUT2D eigenvalue weighted by Crippen LogP contribution is -2.14. The first-order valence-electron chi connectivity index (χ1n) is 11.0. The second-order valence-electron chi connectivity index (χ2n) is 7.70. The summed E-state index contributed by atoms with van der Waals surface area (Å²) >= 11 is 13.3. The van der Waals surface area contributed by atoms with Crippen molar-refractivity contribution in [3.8, 4) is 0 Å². The van der Waals surface area contributed by atoms with Crippen LogP contribution in [0.15, 0.2) is 69.9 Å². The van der Waals surface area contributed by atoms with Gasteiger partial charge in [0.15, 0.2) is 0 Å². The Morgan fingerprint density at radius 2 is 1.91 bits per heavy atom. The minimum absolute atomic E-state index is 0.0931. The molecule has 0 bridgehead atoms. The van der Waals surface area contributed by atoms with E-state index in [1.807, 2.05) is 42.6 Å². The topological polar surface area (TPSA) is 80.9 Å². The van der Waals surface area contributed by atoms with E-state index >= 15 is 0 Å². The van der Waals surface area contributed by atoms with Crippen LogP contribution in [0.25, 0.3) is 17.0 Å². The zero-order valence-electron chi connectivity index (χ0n) is 19.0. The standard InChI is InChI=1S/C26H22Cl2N2O4S/c1-3-22(31)29-25-23(26(33)34-4-2)24(32)21(35-25)12-16-14-30(20-8-6-5-7-17(16)20)13-15-9-10-18(27)19(28)11-15/h5-12,14,32H,3-4,13H2,1-2H3/b21-12-,29-25?. The van der Waals surface area contributed by atoms with Crippen LogP contribution >= 0.6 is 35.0 Å². The van der Waals surface area contributed by atoms with Crippen LogP contribution in [0.5, 0.6) is 0 Å². The second-order valence-corrected chi connectivity index (χ2v) is 9.54. The van der Waals surface area contributed by atoms with Crippen molar-refractivity contribution in [3.05, 3.63) is 86.1 Å². The summed E-state index contributed by atoms with van der Waals surface area (Å²) < 4.78 is 7.16. The number of aromatic nitrogens is 1. The maximum atomic E-state index is 12.5. The van der Waals surface area contributed by atoms with Gasteiger partial charge in [-0.05, 0) is 36.8 Å². The molecule has 0 saturated carbocycles. The first-order chi connectivity index (χ1) is 16.8. The average Bonchev–Trinajstić information content (AvgIpc) is 3.33. The van der Waals surface area contributed by atoms with Crippen molar-refractivity contribution < 1.29 is 19.4 Å². The van der Waals surface area contributed by atoms with Crippen LogP contribution in [0, 0.1) is 0 Å². The SMILES string of the molecule is CCOC(=O)C1=C(O)/C(=C/c2cn(Cc3ccc(Cl)c(Cl)c3)c3ccccc23)SC1=NC(=O)CC. The number of aliphatic hydroxyl groups excluding tert-OH is 1. The van der Waals surface area contributed by atoms with Crippen molar-refractivity contribution in [2.75, 3.05) is 6.61 Å². The number of aliphatic imine (C=N–C) groups is 1. The number of benzene rings is 2. The number of amides is 1. The molecule has 0 fully saturated rings. The summed E-state index contributed by atoms with van der Waals surface area (Å²) in [6.45, 7) is 4.04. The van der Waals surface area contributed by atoms with Gasteiger partial charge in [-0.1, -0.05) is 66.2 Å². The summed E-state index contributed by atoms with van der Waals surface area (Å²) in [6, 6.07) is 13.4. The van der Waals surface area contributed by atoms with Gasteiger partial charge in [0.05, 0.1) is 21.6 Å². The predicted octanol–water partition coefficient (Wildman–Crippen LogP) is 6.79. The van der Waals surface area contributed by atoms with Crippen molar-refractivity contribution >= 4 is 68.9 Å². The van der Waals surface area contributed by atoms with Gasteiger partial charge >= 0.3 is 5.97 Å². The third-order valence-corrected chi connectivity index (χ3v) is 7.10. The van der Waals surface area contributed by atoms with Gasteiger partial charge < -0.3 is 14.4 Å². The van der Waals surface area contributed by atoms with Gasteiger partial charge in [-0.2, -0.15) is 0 Å². The fraction of sp³-hybridized carbons (Fsp3) is 0.192. The molecule has 0 radical (unpaired) electrons. The van der Waals surface area contributed by atoms with E-state index in [4.69, 9.17) is 27.9 Å². The minimum atomic E-state index is -0.717. The first-order valence-corrected chi connectivity index (χ1v) is 12.5. The molecule has 1 aliphatic rings. The first kappa shape index (κ1) is 25.1. The molecule has 1 aromatic heterocycles. The number of rotatable bonds is 6. The Balaban J connectivity index is 1.77. The molecule has 6 nitrogen and oxygen atoms in total. The average molecular weight is 529 g/mol. The molecule has 180 valence electrons. The Labute approximate surface area is 216 Å². The number of carbonyl (C=O) groups is 2. The van der Waals surface area contributed by atoms with Crippen molar-refractivity contribution in [1.82, 2.24) is 4.57 Å². The van der Waals surface area contributed by atoms with E-state index < -0.39 is 5.97 Å². The third-order valence-electron chi connectivity index (χ3n) is 5.34. The lowest BCUT2D eigenvalue weighted by atomic mass is 10.1. The van der Waals surface area contributed by atoms with Crippen molar-refractivity contribution in [2.45, 2.75) is 26.8 Å². The molecule has 2 heterocycles. The maximum Gasteiger partial charge on any atom is 0.344 e. The van der Waals surface area contributed by atoms with E-state index in [-0.39, 0.29) is 35.3 Å². The van der Waals surface area contributed by atoms with Crippen LogP contribution in [-0.2, 0) is 20.9 Å². The molecule has 0 atom stereocenters. The molecule has 3 aromatic rings. The Bertz CT molecular complexity index is 1420. The number of nitrogens with zero attached hydrogens (tertiary/aromatic N) is 2. The van der Waals surface area contributed by atoms with Crippen molar-refractivity contribution in [3.63, 3.8) is 0 Å². The van der Waals surface area contributed by atoms with E-state index in [9.17, 15) is 14.7 Å². The number of ether oxygens (including phenoxy) is 1. The van der Waals surface area contributed by atoms with E-state index in [1.54, 1.807) is 26.0 Å². The van der Waals surface area contributed by atoms with Gasteiger partial charge in [0.25, 0.3) is 0 Å². The molecule has 0 aliphatic carbocycles. The number of fused-ring (bicyclic) bond motifs is 1. The molecule has 0 unspecified atom stereocenters. The summed E-state index contributed by atoms with van der Waals surface area (Å²) in [7, 11) is 0. The zero-order chi connectivity index (χ0) is 25.1. The number of hydrogen-bond donors (Lipinski definition) is 1. The molecular weight excluding hydrogens is 507 g/mol. The van der Waals surface area contributed by atoms with Gasteiger partial charge in [-0.25, -0.2) is 9.79 Å². The fourth-order valence-corrected chi connectivity index (χ4v) is 5.02. The monoisotopic (exact) mass is 528 g/mol. The van der Waals surface area contributed by atoms with Crippen LogP contribution in [0.3, 0.4) is 0 Å². The van der Waals surface area contributed by atoms with Gasteiger partial charge in [0.2, 0.25) is 5.91 Å². The number of carbonyl (C=O) groups excluding carboxylic acids is 2. The van der Waals surface area contributed by atoms with Crippen LogP contribution in [0.1, 0.15) is 31.4 Å². The van der Waals surface area contributed by atoms with Crippen LogP contribution in [0.4, 0.5) is 0 Å². The van der Waals surface area contributed by atoms with Crippen LogP contribution < -0.4 is 0 Å². The molecule has 1 N–H and O–H groups in total. The Morgan fingerprint density at radius 1 is 1.14 bits per heavy atom. The molecular formula is C26H22Cl2N2O4S. The Morgan fingerprint density at radius 3 is 2.63 bits per heavy atom. The molecule has 1 aliphatic heterocycles. The highest BCUT2D eigenvalue weighted by molar-refractivity contribution is 8.18. The van der Waals surface area contributed by atoms with E-state index in [2.05, 4.69) is 9.56 Å². The minimum Gasteiger partial charge on any atom is -0.506 e. The molecule has 0 spiro atoms. The summed E-state index contributed by atoms with van der Waals surface area (Å²) in [6.07, 6.45) is 3.93. The Hall–Kier alpha value is -3.00. The third kappa shape index (κ3) is 5.32. The number of aliphatic hydroxyl groups is 1. The van der Waals surface area contributed by atoms with Crippen LogP contribution in [0.2, 0.25) is 10.0 Å². The maximum absolute atomic E-state index is 12.5. The molecule has 0 saturated heterocycles. The quantitative estimate of drug-likeness (QED) is 0.356. The van der Waals surface area contributed by atoms with Gasteiger partial charge in [0, 0.05) is 35.6 Å². The summed E-state index contributed by atoms with van der Waals surface area (Å²) in [5, 5.41) is 13.0. The zero-order valence-corrected chi connectivity index (χ0v) is 21.4. The molecule has 4 rings (SSSR count). The molecule has 35 heavy (non-hydrogen) atoms. The van der Waals surface area contributed by atoms with Gasteiger partial charge in [-0.3, -0.25) is 4.79 Å². The number of para-hydroxylation sites is 1. The number of esters is 1. The van der Waals surface area contributed by atoms with Gasteiger partial charge in [0.1, 0.15) is 16.4 Å². The highest BCUT2D eigenvalue weighted by Crippen LogP contribution is 2.40. The second kappa shape index (κ2) is 10.7. The van der Waals surface area contributed by atoms with E-state index in [0.29, 0.717) is 21.5 Å². The largest absolute Gasteiger partial charge is 0.506 e. The number of halogens is 2. The summed E-state index contributed by atoms with van der Waals surface area (Å²) in [4.78, 5) is 28.9. The summed E-state index contributed by atoms with van der Waals surface area (Å²) in [5.74, 6) is -1.36. The predicted molar refractivity (Wildman–Crippen MR) is 142 cm³/mol. The molecule has 2 aromatic carbocycles. The van der Waals surface area contributed by atoms with Gasteiger partial charge in [-0.15, -0.1) is 0 Å². The van der Waals surface area contributed by atoms with Crippen LogP contribution in [-0.4, -0.2) is 33.2 Å².